The van der Waals surface area contributed by atoms with Crippen LogP contribution >= 0.6 is 0 Å². The number of para-hydroxylation sites is 1. The van der Waals surface area contributed by atoms with Crippen LogP contribution in [0.25, 0.3) is 0 Å². The lowest BCUT2D eigenvalue weighted by Gasteiger charge is -2.26. The number of aryl methyl sites for hydroxylation is 1. The summed E-state index contributed by atoms with van der Waals surface area (Å²) >= 11 is 0. The third-order valence-corrected chi connectivity index (χ3v) is 3.00. The fourth-order valence-corrected chi connectivity index (χ4v) is 1.82. The molecule has 0 bridgehead atoms. The van der Waals surface area contributed by atoms with Crippen molar-refractivity contribution >= 4 is 0 Å². The van der Waals surface area contributed by atoms with Crippen molar-refractivity contribution < 1.29 is 4.74 Å². The third kappa shape index (κ3) is 2.72. The van der Waals surface area contributed by atoms with Gasteiger partial charge in [-0.25, -0.2) is 0 Å². The standard InChI is InChI=1S/C13H19NO/c1-2-12-5-3-4-6-13(12)15-8-7-11-9-14-10-11/h3-6,11,14H,2,7-10H2,1H3. The Labute approximate surface area is 91.6 Å². The van der Waals surface area contributed by atoms with E-state index < -0.39 is 0 Å². The van der Waals surface area contributed by atoms with E-state index in [0.29, 0.717) is 0 Å². The highest BCUT2D eigenvalue weighted by Crippen LogP contribution is 2.19. The van der Waals surface area contributed by atoms with Crippen LogP contribution in [0.5, 0.6) is 5.75 Å². The summed E-state index contributed by atoms with van der Waals surface area (Å²) in [4.78, 5) is 0. The van der Waals surface area contributed by atoms with E-state index in [1.807, 2.05) is 6.07 Å². The molecule has 1 heterocycles. The first-order valence-corrected chi connectivity index (χ1v) is 5.81. The number of benzene rings is 1. The number of nitrogens with one attached hydrogen (secondary N) is 1. The molecule has 0 aromatic heterocycles. The van der Waals surface area contributed by atoms with Gasteiger partial charge in [-0.15, -0.1) is 0 Å². The van der Waals surface area contributed by atoms with Crippen LogP contribution in [0.1, 0.15) is 18.9 Å². The molecule has 1 aromatic carbocycles. The molecule has 0 unspecified atom stereocenters. The summed E-state index contributed by atoms with van der Waals surface area (Å²) in [5, 5.41) is 3.28. The summed E-state index contributed by atoms with van der Waals surface area (Å²) in [5.74, 6) is 1.89. The van der Waals surface area contributed by atoms with E-state index in [0.717, 1.165) is 24.7 Å². The van der Waals surface area contributed by atoms with E-state index in [1.165, 1.54) is 25.1 Å². The van der Waals surface area contributed by atoms with Gasteiger partial charge in [-0.2, -0.15) is 0 Å². The normalized spacial score (nSPS) is 16.1. The Morgan fingerprint density at radius 3 is 2.80 bits per heavy atom. The van der Waals surface area contributed by atoms with E-state index in [1.54, 1.807) is 0 Å². The molecule has 0 aliphatic carbocycles. The molecule has 1 fully saturated rings. The Morgan fingerprint density at radius 2 is 2.13 bits per heavy atom. The smallest absolute Gasteiger partial charge is 0.122 e. The highest BCUT2D eigenvalue weighted by molar-refractivity contribution is 5.33. The van der Waals surface area contributed by atoms with Crippen molar-refractivity contribution in [3.8, 4) is 5.75 Å². The molecule has 1 N–H and O–H groups in total. The van der Waals surface area contributed by atoms with Crippen LogP contribution in [0.2, 0.25) is 0 Å². The summed E-state index contributed by atoms with van der Waals surface area (Å²) in [6.07, 6.45) is 2.21. The maximum atomic E-state index is 5.81. The predicted octanol–water partition coefficient (Wildman–Crippen LogP) is 2.24. The van der Waals surface area contributed by atoms with Crippen molar-refractivity contribution in [3.05, 3.63) is 29.8 Å². The van der Waals surface area contributed by atoms with Crippen LogP contribution in [0, 0.1) is 5.92 Å². The average Bonchev–Trinajstić information content (AvgIpc) is 2.22. The SMILES string of the molecule is CCc1ccccc1OCCC1CNC1. The van der Waals surface area contributed by atoms with Crippen LogP contribution in [0.4, 0.5) is 0 Å². The maximum absolute atomic E-state index is 5.81. The van der Waals surface area contributed by atoms with Crippen LogP contribution in [-0.4, -0.2) is 19.7 Å². The predicted molar refractivity (Wildman–Crippen MR) is 62.3 cm³/mol. The van der Waals surface area contributed by atoms with Crippen molar-refractivity contribution in [1.82, 2.24) is 5.32 Å². The Bertz CT molecular complexity index is 307. The van der Waals surface area contributed by atoms with Crippen LogP contribution in [0.15, 0.2) is 24.3 Å². The molecule has 2 rings (SSSR count). The first-order chi connectivity index (χ1) is 7.40. The minimum atomic E-state index is 0.832. The Hall–Kier alpha value is -1.02. The molecule has 0 saturated carbocycles. The fourth-order valence-electron chi connectivity index (χ4n) is 1.82. The summed E-state index contributed by atoms with van der Waals surface area (Å²) < 4.78 is 5.81. The zero-order valence-electron chi connectivity index (χ0n) is 9.33. The molecule has 15 heavy (non-hydrogen) atoms. The van der Waals surface area contributed by atoms with Crippen molar-refractivity contribution in [2.75, 3.05) is 19.7 Å². The quantitative estimate of drug-likeness (QED) is 0.796. The molecule has 1 aromatic rings. The van der Waals surface area contributed by atoms with E-state index >= 15 is 0 Å². The lowest BCUT2D eigenvalue weighted by atomic mass is 10.0. The monoisotopic (exact) mass is 205 g/mol. The lowest BCUT2D eigenvalue weighted by molar-refractivity contribution is 0.237. The Kier molecular flexibility index (Phi) is 3.62. The average molecular weight is 205 g/mol. The van der Waals surface area contributed by atoms with Gasteiger partial charge in [-0.1, -0.05) is 25.1 Å². The number of hydrogen-bond acceptors (Lipinski definition) is 2. The second kappa shape index (κ2) is 5.17. The van der Waals surface area contributed by atoms with Gasteiger partial charge in [0.25, 0.3) is 0 Å². The minimum Gasteiger partial charge on any atom is -0.493 e. The van der Waals surface area contributed by atoms with Crippen LogP contribution in [0.3, 0.4) is 0 Å². The fraction of sp³-hybridized carbons (Fsp3) is 0.538. The van der Waals surface area contributed by atoms with Gasteiger partial charge in [0.15, 0.2) is 0 Å². The third-order valence-electron chi connectivity index (χ3n) is 3.00. The molecule has 1 saturated heterocycles. The highest BCUT2D eigenvalue weighted by Gasteiger charge is 2.16. The van der Waals surface area contributed by atoms with E-state index in [-0.39, 0.29) is 0 Å². The number of rotatable bonds is 5. The van der Waals surface area contributed by atoms with Gasteiger partial charge >= 0.3 is 0 Å². The highest BCUT2D eigenvalue weighted by atomic mass is 16.5. The van der Waals surface area contributed by atoms with Gasteiger partial charge in [0.1, 0.15) is 5.75 Å². The van der Waals surface area contributed by atoms with Crippen molar-refractivity contribution in [2.24, 2.45) is 5.92 Å². The summed E-state index contributed by atoms with van der Waals surface area (Å²) in [7, 11) is 0. The Balaban J connectivity index is 1.81. The van der Waals surface area contributed by atoms with Crippen LogP contribution in [-0.2, 0) is 6.42 Å². The topological polar surface area (TPSA) is 21.3 Å². The summed E-state index contributed by atoms with van der Waals surface area (Å²) in [6, 6.07) is 8.32. The largest absolute Gasteiger partial charge is 0.493 e. The first kappa shape index (κ1) is 10.5. The maximum Gasteiger partial charge on any atom is 0.122 e. The molecule has 0 spiro atoms. The molecular weight excluding hydrogens is 186 g/mol. The molecule has 82 valence electrons. The molecular formula is C13H19NO. The van der Waals surface area contributed by atoms with Crippen molar-refractivity contribution in [1.29, 1.82) is 0 Å². The van der Waals surface area contributed by atoms with Gasteiger partial charge < -0.3 is 10.1 Å². The summed E-state index contributed by atoms with van der Waals surface area (Å²) in [5.41, 5.74) is 1.31. The molecule has 0 amide bonds. The molecule has 2 nitrogen and oxygen atoms in total. The molecule has 1 aliphatic rings. The summed E-state index contributed by atoms with van der Waals surface area (Å²) in [6.45, 7) is 5.35. The van der Waals surface area contributed by atoms with Gasteiger partial charge in [-0.3, -0.25) is 0 Å². The van der Waals surface area contributed by atoms with Crippen LogP contribution < -0.4 is 10.1 Å². The number of ether oxygens (including phenoxy) is 1. The first-order valence-electron chi connectivity index (χ1n) is 5.81. The molecule has 0 radical (unpaired) electrons. The van der Waals surface area contributed by atoms with Gasteiger partial charge in [0.2, 0.25) is 0 Å². The minimum absolute atomic E-state index is 0.832. The number of hydrogen-bond donors (Lipinski definition) is 1. The van der Waals surface area contributed by atoms with E-state index in [4.69, 9.17) is 4.74 Å². The zero-order chi connectivity index (χ0) is 10.5. The van der Waals surface area contributed by atoms with Gasteiger partial charge in [0.05, 0.1) is 6.61 Å². The molecule has 0 atom stereocenters. The van der Waals surface area contributed by atoms with E-state index in [2.05, 4.69) is 30.4 Å². The molecule has 2 heteroatoms. The second-order valence-electron chi connectivity index (χ2n) is 4.12. The Morgan fingerprint density at radius 1 is 1.33 bits per heavy atom. The van der Waals surface area contributed by atoms with Gasteiger partial charge in [-0.05, 0) is 43.5 Å². The second-order valence-corrected chi connectivity index (χ2v) is 4.12. The van der Waals surface area contributed by atoms with E-state index in [9.17, 15) is 0 Å². The van der Waals surface area contributed by atoms with Crippen molar-refractivity contribution in [2.45, 2.75) is 19.8 Å². The zero-order valence-corrected chi connectivity index (χ0v) is 9.33. The lowest BCUT2D eigenvalue weighted by Crippen LogP contribution is -2.42. The van der Waals surface area contributed by atoms with Crippen molar-refractivity contribution in [3.63, 3.8) is 0 Å². The molecule has 1 aliphatic heterocycles. The van der Waals surface area contributed by atoms with Gasteiger partial charge in [0, 0.05) is 0 Å².